The lowest BCUT2D eigenvalue weighted by molar-refractivity contribution is -0.137. The fraction of sp³-hybridized carbons (Fsp3) is 0.538. The van der Waals surface area contributed by atoms with E-state index in [4.69, 9.17) is 0 Å². The predicted octanol–water partition coefficient (Wildman–Crippen LogP) is 4.23. The molecule has 0 spiro atoms. The molecule has 1 atom stereocenters. The van der Waals surface area contributed by atoms with Crippen LogP contribution < -0.4 is 5.32 Å². The van der Waals surface area contributed by atoms with Crippen molar-refractivity contribution in [1.29, 1.82) is 0 Å². The second-order valence-corrected chi connectivity index (χ2v) is 4.91. The van der Waals surface area contributed by atoms with Gasteiger partial charge in [0.25, 0.3) is 0 Å². The number of nitrogens with one attached hydrogen (secondary N) is 1. The molecular weight excluding hydrogens is 227 g/mol. The Morgan fingerprint density at radius 2 is 2.06 bits per heavy atom. The fourth-order valence-electron chi connectivity index (χ4n) is 2.15. The molecule has 2 rings (SSSR count). The molecule has 1 aromatic carbocycles. The molecular formula is C13H16F3N. The number of halogens is 3. The van der Waals surface area contributed by atoms with Crippen molar-refractivity contribution in [3.63, 3.8) is 0 Å². The number of anilines is 1. The van der Waals surface area contributed by atoms with E-state index in [-0.39, 0.29) is 5.54 Å². The van der Waals surface area contributed by atoms with Crippen LogP contribution in [0.4, 0.5) is 18.9 Å². The zero-order chi connectivity index (χ0) is 12.7. The highest BCUT2D eigenvalue weighted by Gasteiger charge is 2.33. The molecule has 0 bridgehead atoms. The van der Waals surface area contributed by atoms with E-state index in [1.54, 1.807) is 6.07 Å². The van der Waals surface area contributed by atoms with Gasteiger partial charge in [-0.3, -0.25) is 0 Å². The third-order valence-corrected chi connectivity index (χ3v) is 3.60. The van der Waals surface area contributed by atoms with Crippen LogP contribution in [0.5, 0.6) is 0 Å². The summed E-state index contributed by atoms with van der Waals surface area (Å²) in [4.78, 5) is 0. The van der Waals surface area contributed by atoms with E-state index in [1.807, 2.05) is 6.92 Å². The van der Waals surface area contributed by atoms with Crippen LogP contribution in [-0.4, -0.2) is 5.54 Å². The molecule has 1 aromatic rings. The summed E-state index contributed by atoms with van der Waals surface area (Å²) in [5, 5.41) is 3.24. The lowest BCUT2D eigenvalue weighted by atomic mass is 9.85. The molecule has 0 amide bonds. The Bertz CT molecular complexity index is 425. The monoisotopic (exact) mass is 243 g/mol. The van der Waals surface area contributed by atoms with Crippen LogP contribution >= 0.6 is 0 Å². The van der Waals surface area contributed by atoms with Crippen LogP contribution in [0.2, 0.25) is 0 Å². The zero-order valence-corrected chi connectivity index (χ0v) is 9.99. The van der Waals surface area contributed by atoms with Gasteiger partial charge < -0.3 is 5.32 Å². The van der Waals surface area contributed by atoms with Gasteiger partial charge in [0.1, 0.15) is 0 Å². The van der Waals surface area contributed by atoms with Gasteiger partial charge in [0.15, 0.2) is 0 Å². The summed E-state index contributed by atoms with van der Waals surface area (Å²) in [6.45, 7) is 4.10. The third-order valence-electron chi connectivity index (χ3n) is 3.60. The maximum atomic E-state index is 12.6. The number of alkyl halides is 3. The summed E-state index contributed by atoms with van der Waals surface area (Å²) < 4.78 is 37.8. The molecule has 17 heavy (non-hydrogen) atoms. The average molecular weight is 243 g/mol. The first-order valence-corrected chi connectivity index (χ1v) is 5.82. The van der Waals surface area contributed by atoms with E-state index in [1.165, 1.54) is 6.07 Å². The topological polar surface area (TPSA) is 12.0 Å². The van der Waals surface area contributed by atoms with E-state index in [0.29, 0.717) is 5.69 Å². The average Bonchev–Trinajstić information content (AvgIpc) is 2.27. The van der Waals surface area contributed by atoms with Crippen molar-refractivity contribution < 1.29 is 13.2 Å². The molecule has 94 valence electrons. The molecule has 0 saturated carbocycles. The number of hydrogen-bond donors (Lipinski definition) is 1. The van der Waals surface area contributed by atoms with Crippen molar-refractivity contribution in [3.8, 4) is 0 Å². The van der Waals surface area contributed by atoms with Gasteiger partial charge in [-0.1, -0.05) is 13.0 Å². The zero-order valence-electron chi connectivity index (χ0n) is 9.99. The van der Waals surface area contributed by atoms with Crippen LogP contribution in [0.15, 0.2) is 18.2 Å². The van der Waals surface area contributed by atoms with Crippen molar-refractivity contribution in [3.05, 3.63) is 29.3 Å². The van der Waals surface area contributed by atoms with Gasteiger partial charge in [-0.15, -0.1) is 0 Å². The van der Waals surface area contributed by atoms with Gasteiger partial charge >= 0.3 is 6.18 Å². The summed E-state index contributed by atoms with van der Waals surface area (Å²) in [6, 6.07) is 3.97. The van der Waals surface area contributed by atoms with Crippen molar-refractivity contribution in [2.24, 2.45) is 0 Å². The molecule has 0 radical (unpaired) electrons. The van der Waals surface area contributed by atoms with Crippen LogP contribution in [0.25, 0.3) is 0 Å². The van der Waals surface area contributed by atoms with E-state index in [2.05, 4.69) is 12.2 Å². The molecule has 1 aliphatic rings. The van der Waals surface area contributed by atoms with Gasteiger partial charge in [0.2, 0.25) is 0 Å². The maximum Gasteiger partial charge on any atom is 0.416 e. The number of hydrogen-bond acceptors (Lipinski definition) is 1. The van der Waals surface area contributed by atoms with Crippen molar-refractivity contribution >= 4 is 5.69 Å². The first-order valence-electron chi connectivity index (χ1n) is 5.82. The summed E-state index contributed by atoms with van der Waals surface area (Å²) in [5.74, 6) is 0. The maximum absolute atomic E-state index is 12.6. The highest BCUT2D eigenvalue weighted by Crippen LogP contribution is 2.37. The minimum absolute atomic E-state index is 0.0861. The Labute approximate surface area is 99.0 Å². The van der Waals surface area contributed by atoms with Gasteiger partial charge in [-0.2, -0.15) is 13.2 Å². The Kier molecular flexibility index (Phi) is 2.84. The Morgan fingerprint density at radius 1 is 1.35 bits per heavy atom. The number of rotatable bonds is 1. The molecule has 1 heterocycles. The molecule has 1 N–H and O–H groups in total. The molecule has 1 unspecified atom stereocenters. The molecule has 0 fully saturated rings. The first-order chi connectivity index (χ1) is 7.84. The third kappa shape index (κ3) is 2.40. The fourth-order valence-corrected chi connectivity index (χ4v) is 2.15. The molecule has 1 aliphatic heterocycles. The molecule has 0 aliphatic carbocycles. The van der Waals surface area contributed by atoms with E-state index >= 15 is 0 Å². The van der Waals surface area contributed by atoms with Crippen LogP contribution in [-0.2, 0) is 12.6 Å². The van der Waals surface area contributed by atoms with Crippen LogP contribution in [0.1, 0.15) is 37.8 Å². The lowest BCUT2D eigenvalue weighted by Crippen LogP contribution is -2.38. The molecule has 0 aromatic heterocycles. The number of aryl methyl sites for hydroxylation is 1. The lowest BCUT2D eigenvalue weighted by Gasteiger charge is -2.36. The second kappa shape index (κ2) is 3.93. The van der Waals surface area contributed by atoms with E-state index in [9.17, 15) is 13.2 Å². The SMILES string of the molecule is CCC1(C)CCc2ccc(C(F)(F)F)cc2N1. The van der Waals surface area contributed by atoms with E-state index < -0.39 is 11.7 Å². The summed E-state index contributed by atoms with van der Waals surface area (Å²) in [5.41, 5.74) is 0.945. The summed E-state index contributed by atoms with van der Waals surface area (Å²) in [6.07, 6.45) is -1.56. The first kappa shape index (κ1) is 12.3. The van der Waals surface area contributed by atoms with Gasteiger partial charge in [-0.25, -0.2) is 0 Å². The van der Waals surface area contributed by atoms with Crippen LogP contribution in [0, 0.1) is 0 Å². The van der Waals surface area contributed by atoms with Gasteiger partial charge in [-0.05, 0) is 43.9 Å². The van der Waals surface area contributed by atoms with Crippen LogP contribution in [0.3, 0.4) is 0 Å². The molecule has 4 heteroatoms. The number of fused-ring (bicyclic) bond motifs is 1. The highest BCUT2D eigenvalue weighted by atomic mass is 19.4. The second-order valence-electron chi connectivity index (χ2n) is 4.91. The minimum atomic E-state index is -4.27. The quantitative estimate of drug-likeness (QED) is 0.778. The largest absolute Gasteiger partial charge is 0.416 e. The van der Waals surface area contributed by atoms with Crippen molar-refractivity contribution in [2.75, 3.05) is 5.32 Å². The standard InChI is InChI=1S/C13H16F3N/c1-3-12(2)7-6-9-4-5-10(13(14,15)16)8-11(9)17-12/h4-5,8,17H,3,6-7H2,1-2H3. The highest BCUT2D eigenvalue weighted by molar-refractivity contribution is 5.57. The normalized spacial score (nSPS) is 24.1. The van der Waals surface area contributed by atoms with Crippen molar-refractivity contribution in [1.82, 2.24) is 0 Å². The smallest absolute Gasteiger partial charge is 0.380 e. The summed E-state index contributed by atoms with van der Waals surface area (Å²) >= 11 is 0. The Balaban J connectivity index is 2.36. The van der Waals surface area contributed by atoms with Gasteiger partial charge in [0.05, 0.1) is 5.56 Å². The molecule has 1 nitrogen and oxygen atoms in total. The minimum Gasteiger partial charge on any atom is -0.380 e. The molecule has 0 saturated heterocycles. The Hall–Kier alpha value is -1.19. The van der Waals surface area contributed by atoms with E-state index in [0.717, 1.165) is 30.9 Å². The Morgan fingerprint density at radius 3 is 2.65 bits per heavy atom. The summed E-state index contributed by atoms with van der Waals surface area (Å²) in [7, 11) is 0. The van der Waals surface area contributed by atoms with Crippen molar-refractivity contribution in [2.45, 2.75) is 44.8 Å². The number of benzene rings is 1. The predicted molar refractivity (Wildman–Crippen MR) is 62.1 cm³/mol. The van der Waals surface area contributed by atoms with Gasteiger partial charge in [0, 0.05) is 11.2 Å².